The van der Waals surface area contributed by atoms with Crippen LogP contribution in [-0.2, 0) is 21.7 Å². The first kappa shape index (κ1) is 40.6. The molecule has 0 aliphatic rings. The molecule has 1 heterocycles. The molecule has 0 bridgehead atoms. The minimum absolute atomic E-state index is 0.196. The highest BCUT2D eigenvalue weighted by molar-refractivity contribution is 8.00. The fraction of sp³-hybridized carbons (Fsp3) is 0.455. The molecule has 4 nitrogen and oxygen atoms in total. The van der Waals surface area contributed by atoms with Crippen molar-refractivity contribution < 1.29 is 17.4 Å². The van der Waals surface area contributed by atoms with Crippen molar-refractivity contribution in [3.05, 3.63) is 93.0 Å². The summed E-state index contributed by atoms with van der Waals surface area (Å²) in [6.45, 7) is 33.4. The molecule has 8 heteroatoms. The Morgan fingerprint density at radius 1 is 0.519 bits per heavy atom. The number of benzene rings is 4. The average Bonchev–Trinajstić information content (AvgIpc) is 3.11. The van der Waals surface area contributed by atoms with E-state index in [9.17, 15) is 0 Å². The molecule has 0 atom stereocenters. The normalized spacial score (nSPS) is 13.0. The van der Waals surface area contributed by atoms with Crippen LogP contribution in [0.15, 0.2) is 56.9 Å². The minimum atomic E-state index is -2.00. The van der Waals surface area contributed by atoms with Gasteiger partial charge in [0.05, 0.1) is 0 Å². The SMILES string of the molecule is Cc1cc(-c2cc(OP(Cl)Cl)c(C(C)(C)C)cc2C)c(Op2oc3c(C(C)(C)C)cc(C)cc3c3cc(C)cc(C(C)(C)C)c3o2)c(C(C)(C)C)c1. The van der Waals surface area contributed by atoms with Gasteiger partial charge in [0.1, 0.15) is 22.7 Å². The molecular formula is C44H56Cl2O4P2. The standard InChI is InChI=1S/C44H56Cl2O4P2/c1-25-17-30(29-24-37(47-51(45)46)33(23-28(29)4)41(5,6)7)38(34(20-25)42(8,9)10)48-52-49-39-31(18-26(2)21-35(39)43(11,12)13)32-19-27(3)22-36(40(32)50-52)44(14,15)16/h17-24H,1-16H3. The van der Waals surface area contributed by atoms with Crippen LogP contribution < -0.4 is 9.05 Å². The number of rotatable bonds is 5. The van der Waals surface area contributed by atoms with Crippen molar-refractivity contribution in [1.82, 2.24) is 0 Å². The highest BCUT2D eigenvalue weighted by atomic mass is 35.9. The summed E-state index contributed by atoms with van der Waals surface area (Å²) in [6.07, 6.45) is 0. The van der Waals surface area contributed by atoms with E-state index in [1.807, 2.05) is 0 Å². The van der Waals surface area contributed by atoms with Crippen molar-refractivity contribution in [3.8, 4) is 22.6 Å². The van der Waals surface area contributed by atoms with E-state index >= 15 is 0 Å². The number of hydrogen-bond donors (Lipinski definition) is 0. The van der Waals surface area contributed by atoms with E-state index in [2.05, 4.69) is 159 Å². The van der Waals surface area contributed by atoms with Crippen LogP contribution >= 0.6 is 37.6 Å². The van der Waals surface area contributed by atoms with Crippen molar-refractivity contribution in [2.75, 3.05) is 0 Å². The summed E-state index contributed by atoms with van der Waals surface area (Å²) < 4.78 is 27.5. The molecule has 52 heavy (non-hydrogen) atoms. The van der Waals surface area contributed by atoms with E-state index in [1.165, 1.54) is 11.1 Å². The highest BCUT2D eigenvalue weighted by Crippen LogP contribution is 2.53. The first-order valence-corrected chi connectivity index (χ1v) is 22.2. The van der Waals surface area contributed by atoms with E-state index in [0.29, 0.717) is 5.75 Å². The lowest BCUT2D eigenvalue weighted by molar-refractivity contribution is 0.473. The Morgan fingerprint density at radius 2 is 0.942 bits per heavy atom. The third kappa shape index (κ3) is 8.52. The Morgan fingerprint density at radius 3 is 1.37 bits per heavy atom. The van der Waals surface area contributed by atoms with Crippen LogP contribution in [0.5, 0.6) is 11.5 Å². The molecule has 0 saturated heterocycles. The molecule has 0 aliphatic carbocycles. The Kier molecular flexibility index (Phi) is 11.1. The third-order valence-corrected chi connectivity index (χ3v) is 11.2. The first-order chi connectivity index (χ1) is 23.8. The average molecular weight is 782 g/mol. The van der Waals surface area contributed by atoms with E-state index < -0.39 is 15.1 Å². The van der Waals surface area contributed by atoms with Crippen LogP contribution in [0.1, 0.15) is 128 Å². The molecule has 0 spiro atoms. The second-order valence-electron chi connectivity index (χ2n) is 18.5. The van der Waals surface area contributed by atoms with Gasteiger partial charge in [0, 0.05) is 38.6 Å². The molecule has 0 N–H and O–H groups in total. The van der Waals surface area contributed by atoms with Crippen molar-refractivity contribution in [3.63, 3.8) is 0 Å². The predicted octanol–water partition coefficient (Wildman–Crippen LogP) is 16.3. The van der Waals surface area contributed by atoms with Crippen LogP contribution in [0.25, 0.3) is 33.1 Å². The van der Waals surface area contributed by atoms with Crippen molar-refractivity contribution in [2.24, 2.45) is 0 Å². The summed E-state index contributed by atoms with van der Waals surface area (Å²) >= 11 is 12.6. The topological polar surface area (TPSA) is 44.7 Å². The van der Waals surface area contributed by atoms with Crippen LogP contribution in [0.3, 0.4) is 0 Å². The molecule has 1 aromatic heterocycles. The van der Waals surface area contributed by atoms with Gasteiger partial charge >= 0.3 is 8.24 Å². The second kappa shape index (κ2) is 14.2. The molecular weight excluding hydrogens is 725 g/mol. The van der Waals surface area contributed by atoms with Gasteiger partial charge in [0.25, 0.3) is 6.85 Å². The van der Waals surface area contributed by atoms with Crippen molar-refractivity contribution in [2.45, 2.75) is 132 Å². The van der Waals surface area contributed by atoms with Crippen molar-refractivity contribution >= 4 is 59.5 Å². The lowest BCUT2D eigenvalue weighted by Gasteiger charge is -2.27. The lowest BCUT2D eigenvalue weighted by Crippen LogP contribution is -2.14. The van der Waals surface area contributed by atoms with E-state index in [0.717, 1.165) is 72.2 Å². The fourth-order valence-electron chi connectivity index (χ4n) is 6.88. The monoisotopic (exact) mass is 780 g/mol. The first-order valence-electron chi connectivity index (χ1n) is 18.0. The zero-order valence-electron chi connectivity index (χ0n) is 33.9. The molecule has 4 aromatic carbocycles. The Hall–Kier alpha value is -2.61. The highest BCUT2D eigenvalue weighted by Gasteiger charge is 2.30. The minimum Gasteiger partial charge on any atom is -0.444 e. The van der Waals surface area contributed by atoms with Crippen molar-refractivity contribution in [1.29, 1.82) is 0 Å². The van der Waals surface area contributed by atoms with Gasteiger partial charge in [-0.2, -0.15) is 0 Å². The Balaban J connectivity index is 1.95. The van der Waals surface area contributed by atoms with Gasteiger partial charge in [-0.25, -0.2) is 0 Å². The molecule has 0 radical (unpaired) electrons. The van der Waals surface area contributed by atoms with E-state index in [1.54, 1.807) is 0 Å². The summed E-state index contributed by atoms with van der Waals surface area (Å²) in [5.74, 6) is 1.39. The Labute approximate surface area is 323 Å². The predicted molar refractivity (Wildman–Crippen MR) is 227 cm³/mol. The summed E-state index contributed by atoms with van der Waals surface area (Å²) in [6, 6.07) is 17.6. The van der Waals surface area contributed by atoms with E-state index in [-0.39, 0.29) is 21.7 Å². The summed E-state index contributed by atoms with van der Waals surface area (Å²) in [5, 5.41) is 2.05. The smallest absolute Gasteiger partial charge is 0.444 e. The molecule has 5 aromatic rings. The Bertz CT molecular complexity index is 2120. The number of hydrogen-bond acceptors (Lipinski definition) is 4. The van der Waals surface area contributed by atoms with Crippen LogP contribution in [0, 0.1) is 27.7 Å². The maximum atomic E-state index is 7.25. The molecule has 0 unspecified atom stereocenters. The number of aryl methyl sites for hydroxylation is 4. The van der Waals surface area contributed by atoms with Gasteiger partial charge in [0.2, 0.25) is 0 Å². The van der Waals surface area contributed by atoms with Crippen LogP contribution in [-0.4, -0.2) is 0 Å². The zero-order chi connectivity index (χ0) is 38.9. The molecule has 0 saturated carbocycles. The molecule has 0 fully saturated rings. The quantitative estimate of drug-likeness (QED) is 0.167. The van der Waals surface area contributed by atoms with Gasteiger partial charge in [-0.05, 0) is 124 Å². The number of halogens is 2. The van der Waals surface area contributed by atoms with Gasteiger partial charge in [0.15, 0.2) is 0 Å². The fourth-order valence-corrected chi connectivity index (χ4v) is 8.77. The number of fused-ring (bicyclic) bond motifs is 3. The zero-order valence-corrected chi connectivity index (χ0v) is 37.2. The van der Waals surface area contributed by atoms with Gasteiger partial charge in [-0.3, -0.25) is 0 Å². The van der Waals surface area contributed by atoms with Gasteiger partial charge < -0.3 is 17.4 Å². The van der Waals surface area contributed by atoms with Gasteiger partial charge in [-0.15, -0.1) is 0 Å². The summed E-state index contributed by atoms with van der Waals surface area (Å²) in [7, 11) is -2.00. The molecule has 5 rings (SSSR count). The lowest BCUT2D eigenvalue weighted by atomic mass is 9.81. The third-order valence-electron chi connectivity index (χ3n) is 9.50. The molecule has 280 valence electrons. The maximum absolute atomic E-state index is 7.25. The van der Waals surface area contributed by atoms with Crippen LogP contribution in [0.4, 0.5) is 0 Å². The van der Waals surface area contributed by atoms with E-state index in [4.69, 9.17) is 39.9 Å². The summed E-state index contributed by atoms with van der Waals surface area (Å²) in [5.41, 5.74) is 11.5. The van der Waals surface area contributed by atoms with Crippen LogP contribution in [0.2, 0.25) is 0 Å². The summed E-state index contributed by atoms with van der Waals surface area (Å²) in [4.78, 5) is 0. The largest absolute Gasteiger partial charge is 0.453 e. The maximum Gasteiger partial charge on any atom is 0.453 e. The molecule has 0 aliphatic heterocycles. The second-order valence-corrected chi connectivity index (χ2v) is 22.5. The molecule has 0 amide bonds. The van der Waals surface area contributed by atoms with Gasteiger partial charge in [-0.1, -0.05) is 107 Å².